The number of hydrogen-bond donors (Lipinski definition) is 0. The second kappa shape index (κ2) is 11.6. The van der Waals surface area contributed by atoms with Crippen LogP contribution in [-0.4, -0.2) is 31.1 Å². The maximum Gasteiger partial charge on any atom is 0.313 e. The first-order valence-electron chi connectivity index (χ1n) is 13.0. The predicted octanol–water partition coefficient (Wildman–Crippen LogP) is 5.65. The fourth-order valence-corrected chi connectivity index (χ4v) is 6.16. The minimum absolute atomic E-state index is 0.00174. The van der Waals surface area contributed by atoms with Crippen molar-refractivity contribution in [1.29, 1.82) is 0 Å². The van der Waals surface area contributed by atoms with Crippen molar-refractivity contribution in [3.8, 4) is 5.75 Å². The van der Waals surface area contributed by atoms with Crippen LogP contribution in [0.15, 0.2) is 77.7 Å². The van der Waals surface area contributed by atoms with E-state index in [1.54, 1.807) is 62.5 Å². The number of benzene rings is 4. The molecular weight excluding hydrogens is 607 g/mol. The van der Waals surface area contributed by atoms with Crippen molar-refractivity contribution in [2.24, 2.45) is 7.05 Å². The molecule has 0 saturated heterocycles. The summed E-state index contributed by atoms with van der Waals surface area (Å²) in [6.07, 6.45) is -0.993. The Morgan fingerprint density at radius 2 is 1.23 bits per heavy atom. The number of carbonyl (C=O) groups excluding carboxylic acids is 2. The summed E-state index contributed by atoms with van der Waals surface area (Å²) < 4.78 is 103. The van der Waals surface area contributed by atoms with Gasteiger partial charge in [-0.15, -0.1) is 0 Å². The summed E-state index contributed by atoms with van der Waals surface area (Å²) in [5.41, 5.74) is 1.90. The number of aromatic nitrogens is 1. The quantitative estimate of drug-likeness (QED) is 0.0442. The molecule has 4 aromatic carbocycles. The van der Waals surface area contributed by atoms with Crippen molar-refractivity contribution in [2.45, 2.75) is 18.2 Å². The van der Waals surface area contributed by atoms with Crippen LogP contribution in [0.5, 0.6) is 5.75 Å². The summed E-state index contributed by atoms with van der Waals surface area (Å²) in [4.78, 5) is 26.6. The number of nitrogens with zero attached hydrogens (tertiary/aromatic N) is 2. The highest BCUT2D eigenvalue weighted by Gasteiger charge is 2.35. The third-order valence-electron chi connectivity index (χ3n) is 7.02. The molecule has 13 heteroatoms. The summed E-state index contributed by atoms with van der Waals surface area (Å²) >= 11 is 0. The van der Waals surface area contributed by atoms with Gasteiger partial charge in [-0.3, -0.25) is 9.59 Å². The van der Waals surface area contributed by atoms with Crippen LogP contribution in [0.1, 0.15) is 22.3 Å². The van der Waals surface area contributed by atoms with Gasteiger partial charge in [0.25, 0.3) is 15.9 Å². The van der Waals surface area contributed by atoms with Gasteiger partial charge in [-0.25, -0.2) is 25.9 Å². The zero-order valence-electron chi connectivity index (χ0n) is 23.1. The van der Waals surface area contributed by atoms with Gasteiger partial charge in [-0.2, -0.15) is 13.3 Å². The Kier molecular flexibility index (Phi) is 8.08. The minimum Gasteiger partial charge on any atom is -0.420 e. The van der Waals surface area contributed by atoms with Crippen molar-refractivity contribution < 1.29 is 49.3 Å². The average Bonchev–Trinajstić information content (AvgIpc) is 3.01. The normalized spacial score (nSPS) is 11.6. The van der Waals surface area contributed by atoms with Crippen LogP contribution in [0.25, 0.3) is 21.8 Å². The smallest absolute Gasteiger partial charge is 0.313 e. The summed E-state index contributed by atoms with van der Waals surface area (Å²) in [6, 6.07) is 19.0. The Morgan fingerprint density at radius 3 is 1.75 bits per heavy atom. The third kappa shape index (κ3) is 5.23. The van der Waals surface area contributed by atoms with E-state index in [4.69, 9.17) is 0 Å². The zero-order valence-corrected chi connectivity index (χ0v) is 23.9. The lowest BCUT2D eigenvalue weighted by atomic mass is 10.0. The first-order chi connectivity index (χ1) is 20.8. The zero-order chi connectivity index (χ0) is 31.9. The van der Waals surface area contributed by atoms with Crippen LogP contribution >= 0.6 is 0 Å². The monoisotopic (exact) mass is 629 g/mol. The molecule has 0 bridgehead atoms. The molecular formula is C31H22F5N2O5S+. The first-order valence-corrected chi connectivity index (χ1v) is 14.4. The maximum atomic E-state index is 14.3. The average molecular weight is 630 g/mol. The van der Waals surface area contributed by atoms with Crippen molar-refractivity contribution >= 4 is 43.7 Å². The number of sulfonamides is 1. The number of halogens is 5. The molecule has 0 fully saturated rings. The Bertz CT molecular complexity index is 2000. The molecule has 0 aliphatic heterocycles. The minimum atomic E-state index is -4.67. The molecule has 0 aliphatic carbocycles. The SMILES string of the molecule is Cc1ccc(S(=O)(=O)N(CCC(=O)Oc2c(F)c(F)c(F)c(F)c2F)C(=O)c2c3ccccc3[n+](C)c3ccccc23)cc1. The van der Waals surface area contributed by atoms with E-state index in [1.165, 1.54) is 24.3 Å². The third-order valence-corrected chi connectivity index (χ3v) is 8.82. The van der Waals surface area contributed by atoms with Crippen molar-refractivity contribution in [3.05, 3.63) is 113 Å². The number of ether oxygens (including phenoxy) is 1. The maximum absolute atomic E-state index is 14.3. The molecule has 7 nitrogen and oxygen atoms in total. The van der Waals surface area contributed by atoms with E-state index in [0.717, 1.165) is 5.56 Å². The van der Waals surface area contributed by atoms with Gasteiger partial charge in [0, 0.05) is 18.7 Å². The molecule has 0 saturated carbocycles. The largest absolute Gasteiger partial charge is 0.420 e. The van der Waals surface area contributed by atoms with Crippen LogP contribution in [-0.2, 0) is 21.9 Å². The van der Waals surface area contributed by atoms with E-state index in [1.807, 2.05) is 4.57 Å². The topological polar surface area (TPSA) is 84.6 Å². The Balaban J connectivity index is 1.60. The number of fused-ring (bicyclic) bond motifs is 2. The standard InChI is InChI=1S/C31H22F5N2O5S/c1-17-11-13-18(14-12-17)44(41,42)38(16-15-23(39)43-30-28(35)26(33)25(32)27(34)29(30)36)31(40)24-19-7-3-5-9-21(19)37(2)22-10-6-4-8-20(22)24/h3-14H,15-16H2,1-2H3/q+1. The van der Waals surface area contributed by atoms with E-state index in [2.05, 4.69) is 4.74 Å². The number of amides is 1. The number of esters is 1. The van der Waals surface area contributed by atoms with E-state index in [9.17, 15) is 40.0 Å². The lowest BCUT2D eigenvalue weighted by Gasteiger charge is -2.23. The predicted molar refractivity (Wildman–Crippen MR) is 149 cm³/mol. The molecule has 1 aromatic heterocycles. The van der Waals surface area contributed by atoms with E-state index in [0.29, 0.717) is 26.1 Å². The molecule has 5 rings (SSSR count). The lowest BCUT2D eigenvalue weighted by molar-refractivity contribution is -0.617. The molecule has 0 aliphatic rings. The first kappa shape index (κ1) is 30.5. The van der Waals surface area contributed by atoms with Crippen LogP contribution in [0.3, 0.4) is 0 Å². The summed E-state index contributed by atoms with van der Waals surface area (Å²) in [6.45, 7) is 0.823. The Labute approximate surface area is 247 Å². The Hall–Kier alpha value is -4.91. The summed E-state index contributed by atoms with van der Waals surface area (Å²) in [7, 11) is -2.89. The van der Waals surface area contributed by atoms with Crippen molar-refractivity contribution in [1.82, 2.24) is 4.31 Å². The molecule has 0 radical (unpaired) electrons. The molecule has 1 amide bonds. The number of pyridine rings is 1. The Morgan fingerprint density at radius 1 is 0.750 bits per heavy atom. The van der Waals surface area contributed by atoms with E-state index >= 15 is 0 Å². The van der Waals surface area contributed by atoms with Crippen LogP contribution < -0.4 is 9.30 Å². The van der Waals surface area contributed by atoms with Crippen molar-refractivity contribution in [3.63, 3.8) is 0 Å². The molecule has 5 aromatic rings. The number of hydrogen-bond acceptors (Lipinski definition) is 5. The molecule has 226 valence electrons. The lowest BCUT2D eigenvalue weighted by Crippen LogP contribution is -2.40. The van der Waals surface area contributed by atoms with Gasteiger partial charge in [0.15, 0.2) is 0 Å². The van der Waals surface area contributed by atoms with Gasteiger partial charge in [-0.05, 0) is 31.2 Å². The summed E-state index contributed by atoms with van der Waals surface area (Å²) in [5, 5.41) is 0.790. The fraction of sp³-hybridized carbons (Fsp3) is 0.129. The van der Waals surface area contributed by atoms with E-state index < -0.39 is 69.7 Å². The van der Waals surface area contributed by atoms with E-state index in [-0.39, 0.29) is 10.5 Å². The molecule has 44 heavy (non-hydrogen) atoms. The van der Waals surface area contributed by atoms with Crippen LogP contribution in [0.2, 0.25) is 0 Å². The highest BCUT2D eigenvalue weighted by atomic mass is 32.2. The molecule has 0 unspecified atom stereocenters. The fourth-order valence-electron chi connectivity index (χ4n) is 4.79. The molecule has 0 atom stereocenters. The number of aryl methyl sites for hydroxylation is 2. The van der Waals surface area contributed by atoms with Gasteiger partial charge in [-0.1, -0.05) is 42.0 Å². The summed E-state index contributed by atoms with van der Waals surface area (Å²) in [5.74, 6) is -16.3. The number of rotatable bonds is 7. The second-order valence-corrected chi connectivity index (χ2v) is 11.6. The van der Waals surface area contributed by atoms with Gasteiger partial charge < -0.3 is 4.74 Å². The highest BCUT2D eigenvalue weighted by molar-refractivity contribution is 7.89. The molecule has 0 N–H and O–H groups in total. The van der Waals surface area contributed by atoms with Gasteiger partial charge >= 0.3 is 5.97 Å². The number of para-hydroxylation sites is 2. The van der Waals surface area contributed by atoms with Gasteiger partial charge in [0.1, 0.15) is 7.05 Å². The second-order valence-electron chi connectivity index (χ2n) is 9.79. The molecule has 1 heterocycles. The van der Waals surface area contributed by atoms with Crippen molar-refractivity contribution in [2.75, 3.05) is 6.54 Å². The van der Waals surface area contributed by atoms with Gasteiger partial charge in [0.2, 0.25) is 45.9 Å². The van der Waals surface area contributed by atoms with Crippen LogP contribution in [0, 0.1) is 36.0 Å². The van der Waals surface area contributed by atoms with Gasteiger partial charge in [0.05, 0.1) is 27.7 Å². The highest BCUT2D eigenvalue weighted by Crippen LogP contribution is 2.31. The molecule has 0 spiro atoms. The van der Waals surface area contributed by atoms with Crippen LogP contribution in [0.4, 0.5) is 22.0 Å². The number of carbonyl (C=O) groups is 2.